The van der Waals surface area contributed by atoms with Crippen molar-refractivity contribution in [3.8, 4) is 11.3 Å². The molecule has 3 N–H and O–H groups in total. The fourth-order valence-corrected chi connectivity index (χ4v) is 1.74. The lowest BCUT2D eigenvalue weighted by Gasteiger charge is -2.06. The van der Waals surface area contributed by atoms with Gasteiger partial charge in [0.15, 0.2) is 0 Å². The van der Waals surface area contributed by atoms with E-state index in [1.165, 1.54) is 13.1 Å². The third-order valence-corrected chi connectivity index (χ3v) is 2.83. The van der Waals surface area contributed by atoms with E-state index in [2.05, 4.69) is 5.10 Å². The van der Waals surface area contributed by atoms with Crippen molar-refractivity contribution in [3.63, 3.8) is 0 Å². The number of rotatable bonds is 2. The number of aromatic nitrogens is 2. The quantitative estimate of drug-likeness (QED) is 0.481. The molecule has 1 amide bonds. The summed E-state index contributed by atoms with van der Waals surface area (Å²) in [5.41, 5.74) is 2.58. The first-order chi connectivity index (χ1) is 9.02. The molecule has 0 aliphatic carbocycles. The van der Waals surface area contributed by atoms with E-state index in [0.29, 0.717) is 10.7 Å². The highest BCUT2D eigenvalue weighted by Gasteiger charge is 2.13. The molecule has 2 aromatic rings. The number of nitrogens with two attached hydrogens (primary N) is 1. The topological polar surface area (TPSA) is 90.0 Å². The second kappa shape index (κ2) is 5.21. The predicted molar refractivity (Wildman–Crippen MR) is 71.6 cm³/mol. The molecule has 0 aliphatic heterocycles. The maximum atomic E-state index is 11.8. The van der Waals surface area contributed by atoms with Gasteiger partial charge in [0.1, 0.15) is 5.56 Å². The van der Waals surface area contributed by atoms with E-state index in [0.717, 1.165) is 10.2 Å². The van der Waals surface area contributed by atoms with Crippen LogP contribution >= 0.6 is 11.6 Å². The van der Waals surface area contributed by atoms with Crippen molar-refractivity contribution in [2.45, 2.75) is 0 Å². The van der Waals surface area contributed by atoms with Crippen LogP contribution in [-0.2, 0) is 7.05 Å². The van der Waals surface area contributed by atoms with Gasteiger partial charge < -0.3 is 0 Å². The summed E-state index contributed by atoms with van der Waals surface area (Å²) in [6, 6.07) is 8.30. The lowest BCUT2D eigenvalue weighted by Crippen LogP contribution is -2.36. The van der Waals surface area contributed by atoms with Crippen LogP contribution in [0.15, 0.2) is 35.1 Å². The minimum absolute atomic E-state index is 0.0649. The third-order valence-electron chi connectivity index (χ3n) is 2.58. The van der Waals surface area contributed by atoms with Gasteiger partial charge >= 0.3 is 0 Å². The number of halogens is 1. The summed E-state index contributed by atoms with van der Waals surface area (Å²) in [5.74, 6) is 4.39. The number of hydrogen-bond donors (Lipinski definition) is 2. The van der Waals surface area contributed by atoms with Crippen LogP contribution in [0.3, 0.4) is 0 Å². The molecule has 1 aromatic carbocycles. The largest absolute Gasteiger partial charge is 0.290 e. The number of amides is 1. The van der Waals surface area contributed by atoms with Crippen molar-refractivity contribution >= 4 is 17.5 Å². The van der Waals surface area contributed by atoms with Crippen LogP contribution in [0.2, 0.25) is 5.02 Å². The fourth-order valence-electron chi connectivity index (χ4n) is 1.61. The molecule has 0 atom stereocenters. The number of nitrogen functional groups attached to an aromatic ring is 1. The average molecular weight is 279 g/mol. The van der Waals surface area contributed by atoms with Gasteiger partial charge in [0.2, 0.25) is 0 Å². The summed E-state index contributed by atoms with van der Waals surface area (Å²) in [4.78, 5) is 23.3. The minimum atomic E-state index is -0.654. The summed E-state index contributed by atoms with van der Waals surface area (Å²) >= 11 is 5.80. The van der Waals surface area contributed by atoms with Gasteiger partial charge in [0, 0.05) is 17.6 Å². The molecule has 0 radical (unpaired) electrons. The Balaban J connectivity index is 2.59. The average Bonchev–Trinajstić information content (AvgIpc) is 2.41. The molecule has 7 heteroatoms. The number of nitrogens with zero attached hydrogens (tertiary/aromatic N) is 2. The molecule has 1 aromatic heterocycles. The van der Waals surface area contributed by atoms with E-state index in [4.69, 9.17) is 17.4 Å². The van der Waals surface area contributed by atoms with Gasteiger partial charge in [0.25, 0.3) is 11.5 Å². The maximum absolute atomic E-state index is 11.8. The van der Waals surface area contributed by atoms with Crippen molar-refractivity contribution < 1.29 is 4.79 Å². The Kier molecular flexibility index (Phi) is 3.64. The monoisotopic (exact) mass is 278 g/mol. The van der Waals surface area contributed by atoms with Gasteiger partial charge in [0.05, 0.1) is 5.69 Å². The number of aryl methyl sites for hydroxylation is 1. The smallest absolute Gasteiger partial charge is 0.279 e. The zero-order valence-corrected chi connectivity index (χ0v) is 10.8. The van der Waals surface area contributed by atoms with Crippen LogP contribution in [0.4, 0.5) is 0 Å². The molecule has 0 unspecified atom stereocenters. The lowest BCUT2D eigenvalue weighted by atomic mass is 10.1. The molecule has 0 bridgehead atoms. The SMILES string of the molecule is Cn1nc(-c2ccc(Cl)cc2)cc(C(=O)NN)c1=O. The summed E-state index contributed by atoms with van der Waals surface area (Å²) in [6.07, 6.45) is 0. The molecular formula is C12H11ClN4O2. The highest BCUT2D eigenvalue weighted by molar-refractivity contribution is 6.30. The minimum Gasteiger partial charge on any atom is -0.290 e. The molecule has 0 fully saturated rings. The number of benzene rings is 1. The summed E-state index contributed by atoms with van der Waals surface area (Å²) < 4.78 is 1.09. The molecule has 0 aliphatic rings. The molecule has 19 heavy (non-hydrogen) atoms. The Bertz CT molecular complexity index is 679. The molecule has 0 saturated carbocycles. The Morgan fingerprint density at radius 2 is 2.00 bits per heavy atom. The summed E-state index contributed by atoms with van der Waals surface area (Å²) in [6.45, 7) is 0. The molecule has 0 saturated heterocycles. The second-order valence-electron chi connectivity index (χ2n) is 3.85. The Morgan fingerprint density at radius 1 is 1.37 bits per heavy atom. The number of hydrazine groups is 1. The van der Waals surface area contributed by atoms with E-state index in [-0.39, 0.29) is 5.56 Å². The number of nitrogens with one attached hydrogen (secondary N) is 1. The van der Waals surface area contributed by atoms with Crippen molar-refractivity contribution in [1.82, 2.24) is 15.2 Å². The zero-order chi connectivity index (χ0) is 14.0. The van der Waals surface area contributed by atoms with Crippen LogP contribution in [-0.4, -0.2) is 15.7 Å². The summed E-state index contributed by atoms with van der Waals surface area (Å²) in [7, 11) is 1.47. The van der Waals surface area contributed by atoms with Crippen LogP contribution < -0.4 is 16.8 Å². The van der Waals surface area contributed by atoms with Gasteiger partial charge in [-0.15, -0.1) is 0 Å². The van der Waals surface area contributed by atoms with Gasteiger partial charge in [-0.25, -0.2) is 10.5 Å². The second-order valence-corrected chi connectivity index (χ2v) is 4.29. The lowest BCUT2D eigenvalue weighted by molar-refractivity contribution is 0.0951. The molecule has 1 heterocycles. The van der Waals surface area contributed by atoms with Gasteiger partial charge in [-0.1, -0.05) is 23.7 Å². The van der Waals surface area contributed by atoms with Gasteiger partial charge in [-0.05, 0) is 18.2 Å². The van der Waals surface area contributed by atoms with Crippen LogP contribution in [0.1, 0.15) is 10.4 Å². The number of carbonyl (C=O) groups is 1. The number of carbonyl (C=O) groups excluding carboxylic acids is 1. The first-order valence-corrected chi connectivity index (χ1v) is 5.76. The van der Waals surface area contributed by atoms with E-state index in [1.807, 2.05) is 5.43 Å². The van der Waals surface area contributed by atoms with Crippen molar-refractivity contribution in [2.24, 2.45) is 12.9 Å². The molecule has 0 spiro atoms. The van der Waals surface area contributed by atoms with Crippen molar-refractivity contribution in [1.29, 1.82) is 0 Å². The van der Waals surface area contributed by atoms with E-state index >= 15 is 0 Å². The predicted octanol–water partition coefficient (Wildman–Crippen LogP) is 0.704. The molecular weight excluding hydrogens is 268 g/mol. The summed E-state index contributed by atoms with van der Waals surface area (Å²) in [5, 5.41) is 4.68. The van der Waals surface area contributed by atoms with Gasteiger partial charge in [-0.2, -0.15) is 5.10 Å². The number of hydrogen-bond acceptors (Lipinski definition) is 4. The first-order valence-electron chi connectivity index (χ1n) is 5.38. The Morgan fingerprint density at radius 3 is 2.58 bits per heavy atom. The Labute approximate surface area is 113 Å². The van der Waals surface area contributed by atoms with Crippen LogP contribution in [0.5, 0.6) is 0 Å². The molecule has 6 nitrogen and oxygen atoms in total. The highest BCUT2D eigenvalue weighted by atomic mass is 35.5. The van der Waals surface area contributed by atoms with Crippen molar-refractivity contribution in [2.75, 3.05) is 0 Å². The first kappa shape index (κ1) is 13.3. The van der Waals surface area contributed by atoms with E-state index in [9.17, 15) is 9.59 Å². The van der Waals surface area contributed by atoms with Crippen molar-refractivity contribution in [3.05, 3.63) is 51.3 Å². The zero-order valence-electron chi connectivity index (χ0n) is 10.1. The van der Waals surface area contributed by atoms with E-state index < -0.39 is 11.5 Å². The third kappa shape index (κ3) is 2.64. The fraction of sp³-hybridized carbons (Fsp3) is 0.0833. The normalized spacial score (nSPS) is 10.3. The molecule has 98 valence electrons. The maximum Gasteiger partial charge on any atom is 0.279 e. The Hall–Kier alpha value is -2.18. The highest BCUT2D eigenvalue weighted by Crippen LogP contribution is 2.19. The standard InChI is InChI=1S/C12H11ClN4O2/c1-17-12(19)9(11(18)15-14)6-10(16-17)7-2-4-8(13)5-3-7/h2-6H,14H2,1H3,(H,15,18). The van der Waals surface area contributed by atoms with Crippen LogP contribution in [0, 0.1) is 0 Å². The van der Waals surface area contributed by atoms with E-state index in [1.54, 1.807) is 24.3 Å². The van der Waals surface area contributed by atoms with Gasteiger partial charge in [-0.3, -0.25) is 15.0 Å². The molecule has 2 rings (SSSR count). The van der Waals surface area contributed by atoms with Crippen LogP contribution in [0.25, 0.3) is 11.3 Å².